The molecule has 1 aliphatic carbocycles. The molecule has 118 valence electrons. The van der Waals surface area contributed by atoms with Gasteiger partial charge in [0, 0.05) is 6.04 Å². The third kappa shape index (κ3) is 5.70. The van der Waals surface area contributed by atoms with Crippen LogP contribution in [0.1, 0.15) is 58.9 Å². The van der Waals surface area contributed by atoms with Crippen molar-refractivity contribution in [3.05, 3.63) is 29.8 Å². The van der Waals surface area contributed by atoms with E-state index in [1.165, 1.54) is 31.2 Å². The van der Waals surface area contributed by atoms with E-state index < -0.39 is 0 Å². The molecule has 1 atom stereocenters. The molecule has 0 heterocycles. The smallest absolute Gasteiger partial charge is 0.119 e. The van der Waals surface area contributed by atoms with Crippen molar-refractivity contribution < 1.29 is 4.74 Å². The predicted molar refractivity (Wildman–Crippen MR) is 89.9 cm³/mol. The third-order valence-electron chi connectivity index (χ3n) is 4.16. The quantitative estimate of drug-likeness (QED) is 0.756. The molecule has 1 fully saturated rings. The van der Waals surface area contributed by atoms with Gasteiger partial charge in [-0.2, -0.15) is 0 Å². The maximum atomic E-state index is 5.80. The van der Waals surface area contributed by atoms with E-state index >= 15 is 0 Å². The molecule has 1 N–H and O–H groups in total. The number of hydrogen-bond donors (Lipinski definition) is 1. The van der Waals surface area contributed by atoms with E-state index in [1.807, 2.05) is 0 Å². The Hall–Kier alpha value is -1.02. The Balaban J connectivity index is 1.84. The second-order valence-corrected chi connectivity index (χ2v) is 7.37. The highest BCUT2D eigenvalue weighted by Gasteiger charge is 2.24. The first-order chi connectivity index (χ1) is 9.99. The number of ether oxygens (including phenoxy) is 1. The van der Waals surface area contributed by atoms with Crippen molar-refractivity contribution in [2.75, 3.05) is 6.54 Å². The first-order valence-electron chi connectivity index (χ1n) is 8.48. The Labute approximate surface area is 130 Å². The summed E-state index contributed by atoms with van der Waals surface area (Å²) in [5.41, 5.74) is 1.72. The van der Waals surface area contributed by atoms with Crippen LogP contribution in [0.3, 0.4) is 0 Å². The van der Waals surface area contributed by atoms with Gasteiger partial charge in [-0.25, -0.2) is 0 Å². The van der Waals surface area contributed by atoms with Crippen molar-refractivity contribution >= 4 is 0 Å². The lowest BCUT2D eigenvalue weighted by molar-refractivity contribution is 0.255. The lowest BCUT2D eigenvalue weighted by Gasteiger charge is -2.32. The molecule has 0 aromatic heterocycles. The van der Waals surface area contributed by atoms with Gasteiger partial charge in [0.25, 0.3) is 0 Å². The van der Waals surface area contributed by atoms with Crippen LogP contribution in [0.4, 0.5) is 0 Å². The lowest BCUT2D eigenvalue weighted by atomic mass is 9.83. The molecular formula is C19H31NO. The SMILES string of the molecule is CCCNC(CCc1ccc(OC2CC2)cc1)C(C)(C)C. The summed E-state index contributed by atoms with van der Waals surface area (Å²) in [6.45, 7) is 10.3. The molecule has 1 aromatic carbocycles. The van der Waals surface area contributed by atoms with Crippen molar-refractivity contribution in [2.45, 2.75) is 71.9 Å². The Morgan fingerprint density at radius 2 is 1.86 bits per heavy atom. The average Bonchev–Trinajstić information content (AvgIpc) is 3.23. The standard InChI is InChI=1S/C19H31NO/c1-5-14-20-18(19(2,3)4)13-8-15-6-9-16(10-7-15)21-17-11-12-17/h6-7,9-10,17-18,20H,5,8,11-14H2,1-4H3. The molecular weight excluding hydrogens is 258 g/mol. The highest BCUT2D eigenvalue weighted by Crippen LogP contribution is 2.27. The molecule has 1 aromatic rings. The summed E-state index contributed by atoms with van der Waals surface area (Å²) in [5, 5.41) is 3.70. The van der Waals surface area contributed by atoms with E-state index in [4.69, 9.17) is 4.74 Å². The van der Waals surface area contributed by atoms with Gasteiger partial charge in [-0.1, -0.05) is 39.8 Å². The van der Waals surface area contributed by atoms with Gasteiger partial charge < -0.3 is 10.1 Å². The first-order valence-corrected chi connectivity index (χ1v) is 8.48. The van der Waals surface area contributed by atoms with Gasteiger partial charge in [0.05, 0.1) is 6.10 Å². The summed E-state index contributed by atoms with van der Waals surface area (Å²) in [5.74, 6) is 1.03. The van der Waals surface area contributed by atoms with Crippen molar-refractivity contribution in [3.63, 3.8) is 0 Å². The third-order valence-corrected chi connectivity index (χ3v) is 4.16. The summed E-state index contributed by atoms with van der Waals surface area (Å²) in [7, 11) is 0. The van der Waals surface area contributed by atoms with E-state index in [9.17, 15) is 0 Å². The minimum absolute atomic E-state index is 0.310. The van der Waals surface area contributed by atoms with E-state index in [1.54, 1.807) is 0 Å². The van der Waals surface area contributed by atoms with Crippen LogP contribution >= 0.6 is 0 Å². The minimum atomic E-state index is 0.310. The van der Waals surface area contributed by atoms with Gasteiger partial charge >= 0.3 is 0 Å². The Kier molecular flexibility index (Phi) is 5.69. The van der Waals surface area contributed by atoms with Gasteiger partial charge in [0.2, 0.25) is 0 Å². The molecule has 1 aliphatic rings. The first kappa shape index (κ1) is 16.4. The molecule has 2 rings (SSSR count). The molecule has 0 aliphatic heterocycles. The van der Waals surface area contributed by atoms with Crippen molar-refractivity contribution in [1.82, 2.24) is 5.32 Å². The molecule has 2 heteroatoms. The molecule has 0 bridgehead atoms. The van der Waals surface area contributed by atoms with Crippen molar-refractivity contribution in [3.8, 4) is 5.75 Å². The normalized spacial score (nSPS) is 16.8. The van der Waals surface area contributed by atoms with Crippen LogP contribution < -0.4 is 10.1 Å². The van der Waals surface area contributed by atoms with E-state index in [0.717, 1.165) is 18.7 Å². The summed E-state index contributed by atoms with van der Waals surface area (Å²) in [6.07, 6.45) is 6.43. The summed E-state index contributed by atoms with van der Waals surface area (Å²) >= 11 is 0. The number of aryl methyl sites for hydroxylation is 1. The molecule has 1 saturated carbocycles. The van der Waals surface area contributed by atoms with Gasteiger partial charge in [0.1, 0.15) is 5.75 Å². The van der Waals surface area contributed by atoms with E-state index in [2.05, 4.69) is 57.3 Å². The molecule has 0 radical (unpaired) electrons. The van der Waals surface area contributed by atoms with E-state index in [-0.39, 0.29) is 0 Å². The summed E-state index contributed by atoms with van der Waals surface area (Å²) in [4.78, 5) is 0. The fourth-order valence-corrected chi connectivity index (χ4v) is 2.58. The van der Waals surface area contributed by atoms with Crippen LogP contribution in [0.25, 0.3) is 0 Å². The molecule has 0 saturated heterocycles. The number of hydrogen-bond acceptors (Lipinski definition) is 2. The predicted octanol–water partition coefficient (Wildman–Crippen LogP) is 4.57. The zero-order chi connectivity index (χ0) is 15.3. The highest BCUT2D eigenvalue weighted by molar-refractivity contribution is 5.28. The Bertz CT molecular complexity index is 414. The molecule has 2 nitrogen and oxygen atoms in total. The Morgan fingerprint density at radius 1 is 1.19 bits per heavy atom. The molecule has 0 amide bonds. The van der Waals surface area contributed by atoms with Crippen molar-refractivity contribution in [2.24, 2.45) is 5.41 Å². The second kappa shape index (κ2) is 7.31. The van der Waals surface area contributed by atoms with Gasteiger partial charge in [-0.15, -0.1) is 0 Å². The minimum Gasteiger partial charge on any atom is -0.490 e. The molecule has 1 unspecified atom stereocenters. The monoisotopic (exact) mass is 289 g/mol. The van der Waals surface area contributed by atoms with Crippen LogP contribution in [-0.4, -0.2) is 18.7 Å². The van der Waals surface area contributed by atoms with Crippen LogP contribution in [0.5, 0.6) is 5.75 Å². The number of nitrogens with one attached hydrogen (secondary N) is 1. The lowest BCUT2D eigenvalue weighted by Crippen LogP contribution is -2.41. The van der Waals surface area contributed by atoms with Gasteiger partial charge in [-0.3, -0.25) is 0 Å². The maximum Gasteiger partial charge on any atom is 0.119 e. The number of benzene rings is 1. The fraction of sp³-hybridized carbons (Fsp3) is 0.684. The zero-order valence-corrected chi connectivity index (χ0v) is 14.1. The average molecular weight is 289 g/mol. The fourth-order valence-electron chi connectivity index (χ4n) is 2.58. The van der Waals surface area contributed by atoms with Crippen LogP contribution in [0.15, 0.2) is 24.3 Å². The van der Waals surface area contributed by atoms with Gasteiger partial charge in [-0.05, 0) is 61.8 Å². The van der Waals surface area contributed by atoms with Crippen LogP contribution in [-0.2, 0) is 6.42 Å². The van der Waals surface area contributed by atoms with Crippen LogP contribution in [0, 0.1) is 5.41 Å². The zero-order valence-electron chi connectivity index (χ0n) is 14.1. The summed E-state index contributed by atoms with van der Waals surface area (Å²) < 4.78 is 5.80. The van der Waals surface area contributed by atoms with E-state index in [0.29, 0.717) is 17.6 Å². The van der Waals surface area contributed by atoms with Crippen molar-refractivity contribution in [1.29, 1.82) is 0 Å². The van der Waals surface area contributed by atoms with Gasteiger partial charge in [0.15, 0.2) is 0 Å². The maximum absolute atomic E-state index is 5.80. The topological polar surface area (TPSA) is 21.3 Å². The van der Waals surface area contributed by atoms with Crippen LogP contribution in [0.2, 0.25) is 0 Å². The Morgan fingerprint density at radius 3 is 2.38 bits per heavy atom. The summed E-state index contributed by atoms with van der Waals surface area (Å²) in [6, 6.07) is 9.26. The number of rotatable bonds is 8. The highest BCUT2D eigenvalue weighted by atomic mass is 16.5. The second-order valence-electron chi connectivity index (χ2n) is 7.37. The molecule has 0 spiro atoms. The molecule has 21 heavy (non-hydrogen) atoms. The largest absolute Gasteiger partial charge is 0.490 e.